The van der Waals surface area contributed by atoms with E-state index in [0.29, 0.717) is 31.4 Å². The molecule has 13 heteroatoms. The Labute approximate surface area is 233 Å². The Balaban J connectivity index is 2.32. The number of nitrogens with one attached hydrogen (secondary N) is 4. The van der Waals surface area contributed by atoms with Crippen molar-refractivity contribution >= 4 is 40.5 Å². The maximum atomic E-state index is 13.4. The van der Waals surface area contributed by atoms with E-state index >= 15 is 0 Å². The fourth-order valence-corrected chi connectivity index (χ4v) is 4.22. The Hall–Kier alpha value is -3.97. The summed E-state index contributed by atoms with van der Waals surface area (Å²) in [4.78, 5) is 66.0. The van der Waals surface area contributed by atoms with E-state index in [1.165, 1.54) is 0 Å². The minimum absolute atomic E-state index is 0.000343. The second-order valence-corrected chi connectivity index (χ2v) is 9.95. The quantitative estimate of drug-likeness (QED) is 0.119. The number of aromatic amines is 1. The zero-order valence-corrected chi connectivity index (χ0v) is 22.9. The van der Waals surface area contributed by atoms with E-state index in [2.05, 4.69) is 20.9 Å². The van der Waals surface area contributed by atoms with Crippen LogP contribution in [0.4, 0.5) is 0 Å². The molecule has 0 saturated heterocycles. The number of hydrogen-bond donors (Lipinski definition) is 8. The molecule has 0 radical (unpaired) electrons. The third kappa shape index (κ3) is 9.35. The summed E-state index contributed by atoms with van der Waals surface area (Å²) in [7, 11) is 0. The summed E-state index contributed by atoms with van der Waals surface area (Å²) in [6.45, 7) is 4.02. The first-order valence-corrected chi connectivity index (χ1v) is 13.4. The average Bonchev–Trinajstić information content (AvgIpc) is 3.33. The average molecular weight is 560 g/mol. The topological polar surface area (TPSA) is 236 Å². The van der Waals surface area contributed by atoms with Gasteiger partial charge in [-0.1, -0.05) is 38.5 Å². The number of carbonyl (C=O) groups excluding carboxylic acids is 4. The molecule has 0 aliphatic carbocycles. The predicted molar refractivity (Wildman–Crippen MR) is 150 cm³/mol. The third-order valence-electron chi connectivity index (χ3n) is 6.89. The number of fused-ring (bicyclic) bond motifs is 1. The Morgan fingerprint density at radius 1 is 0.950 bits per heavy atom. The smallest absolute Gasteiger partial charge is 0.326 e. The number of H-pyrrole nitrogens is 1. The first-order chi connectivity index (χ1) is 19.0. The fraction of sp³-hybridized carbons (Fsp3) is 0.519. The lowest BCUT2D eigenvalue weighted by atomic mass is 9.98. The Bertz CT molecular complexity index is 1180. The third-order valence-corrected chi connectivity index (χ3v) is 6.89. The van der Waals surface area contributed by atoms with Gasteiger partial charge in [-0.15, -0.1) is 0 Å². The summed E-state index contributed by atoms with van der Waals surface area (Å²) in [6.07, 6.45) is 3.01. The number of primary amides is 1. The van der Waals surface area contributed by atoms with Crippen LogP contribution in [0.3, 0.4) is 0 Å². The van der Waals surface area contributed by atoms with Crippen molar-refractivity contribution in [2.24, 2.45) is 23.1 Å². The van der Waals surface area contributed by atoms with Gasteiger partial charge in [0, 0.05) is 23.5 Å². The van der Waals surface area contributed by atoms with Crippen LogP contribution in [0.5, 0.6) is 0 Å². The molecule has 11 N–H and O–H groups in total. The number of carbonyl (C=O) groups is 5. The van der Waals surface area contributed by atoms with Gasteiger partial charge in [0.2, 0.25) is 23.6 Å². The molecule has 0 aliphatic rings. The predicted octanol–water partition coefficient (Wildman–Crippen LogP) is -0.373. The minimum Gasteiger partial charge on any atom is -0.480 e. The van der Waals surface area contributed by atoms with Gasteiger partial charge in [0.05, 0.1) is 12.5 Å². The molecule has 0 saturated carbocycles. The standard InChI is InChI=1S/C27H41N7O6/c1-3-15(2)23(30)26(38)34-21(13-22(29)35)25(37)33-20(12-16-14-31-18-9-5-4-8-17(16)18)24(36)32-19(27(39)40)10-6-7-11-28/h4-5,8-9,14-15,19-21,23,31H,3,6-7,10-13,28,30H2,1-2H3,(H2,29,35)(H,32,36)(H,33,37)(H,34,38)(H,39,40). The van der Waals surface area contributed by atoms with Crippen LogP contribution in [0, 0.1) is 5.92 Å². The highest BCUT2D eigenvalue weighted by molar-refractivity contribution is 5.96. The van der Waals surface area contributed by atoms with Crippen LogP contribution in [0.15, 0.2) is 30.5 Å². The molecule has 220 valence electrons. The van der Waals surface area contributed by atoms with E-state index in [1.54, 1.807) is 13.1 Å². The molecule has 40 heavy (non-hydrogen) atoms. The number of unbranched alkanes of at least 4 members (excludes halogenated alkanes) is 1. The zero-order valence-electron chi connectivity index (χ0n) is 22.9. The zero-order chi connectivity index (χ0) is 29.8. The molecule has 0 aliphatic heterocycles. The molecule has 0 fully saturated rings. The van der Waals surface area contributed by atoms with Gasteiger partial charge in [0.15, 0.2) is 0 Å². The molecule has 2 rings (SSSR count). The summed E-state index contributed by atoms with van der Waals surface area (Å²) in [6, 6.07) is 2.61. The van der Waals surface area contributed by atoms with Crippen molar-refractivity contribution in [1.82, 2.24) is 20.9 Å². The molecule has 1 aromatic heterocycles. The van der Waals surface area contributed by atoms with E-state index < -0.39 is 60.2 Å². The number of aliphatic carboxylic acids is 1. The highest BCUT2D eigenvalue weighted by Gasteiger charge is 2.32. The number of aromatic nitrogens is 1. The minimum atomic E-state index is -1.39. The summed E-state index contributed by atoms with van der Waals surface area (Å²) in [5.74, 6) is -4.47. The molecule has 4 amide bonds. The van der Waals surface area contributed by atoms with Crippen LogP contribution in [0.25, 0.3) is 10.9 Å². The monoisotopic (exact) mass is 559 g/mol. The number of amides is 4. The Kier molecular flexibility index (Phi) is 12.6. The lowest BCUT2D eigenvalue weighted by Gasteiger charge is -2.25. The maximum absolute atomic E-state index is 13.4. The fourth-order valence-electron chi connectivity index (χ4n) is 4.22. The van der Waals surface area contributed by atoms with Crippen molar-refractivity contribution in [1.29, 1.82) is 0 Å². The van der Waals surface area contributed by atoms with Crippen molar-refractivity contribution in [3.05, 3.63) is 36.0 Å². The van der Waals surface area contributed by atoms with Crippen molar-refractivity contribution in [3.63, 3.8) is 0 Å². The number of nitrogens with two attached hydrogens (primary N) is 3. The second kappa shape index (κ2) is 15.6. The lowest BCUT2D eigenvalue weighted by Crippen LogP contribution is -2.58. The van der Waals surface area contributed by atoms with Crippen LogP contribution < -0.4 is 33.2 Å². The lowest BCUT2D eigenvalue weighted by molar-refractivity contribution is -0.142. The maximum Gasteiger partial charge on any atom is 0.326 e. The molecule has 13 nitrogen and oxygen atoms in total. The number of rotatable bonds is 17. The Morgan fingerprint density at radius 3 is 2.20 bits per heavy atom. The molecule has 5 atom stereocenters. The highest BCUT2D eigenvalue weighted by atomic mass is 16.4. The molecular weight excluding hydrogens is 518 g/mol. The van der Waals surface area contributed by atoms with Gasteiger partial charge in [0.25, 0.3) is 0 Å². The number of benzene rings is 1. The van der Waals surface area contributed by atoms with Crippen molar-refractivity contribution in [3.8, 4) is 0 Å². The summed E-state index contributed by atoms with van der Waals surface area (Å²) in [5.41, 5.74) is 18.3. The first kappa shape index (κ1) is 32.2. The van der Waals surface area contributed by atoms with Gasteiger partial charge in [0.1, 0.15) is 18.1 Å². The molecule has 2 aromatic rings. The molecular formula is C27H41N7O6. The van der Waals surface area contributed by atoms with E-state index in [-0.39, 0.29) is 18.8 Å². The van der Waals surface area contributed by atoms with Crippen molar-refractivity contribution in [2.45, 2.75) is 76.5 Å². The highest BCUT2D eigenvalue weighted by Crippen LogP contribution is 2.19. The summed E-state index contributed by atoms with van der Waals surface area (Å²) < 4.78 is 0. The SMILES string of the molecule is CCC(C)C(N)C(=O)NC(CC(N)=O)C(=O)NC(Cc1c[nH]c2ccccc12)C(=O)NC(CCCCN)C(=O)O. The van der Waals surface area contributed by atoms with E-state index in [1.807, 2.05) is 31.2 Å². The molecule has 1 heterocycles. The van der Waals surface area contributed by atoms with Gasteiger partial charge in [-0.2, -0.15) is 0 Å². The van der Waals surface area contributed by atoms with E-state index in [0.717, 1.165) is 10.9 Å². The molecule has 0 spiro atoms. The van der Waals surface area contributed by atoms with E-state index in [9.17, 15) is 29.1 Å². The van der Waals surface area contributed by atoms with Crippen molar-refractivity contribution < 1.29 is 29.1 Å². The van der Waals surface area contributed by atoms with Crippen molar-refractivity contribution in [2.75, 3.05) is 6.54 Å². The second-order valence-electron chi connectivity index (χ2n) is 9.95. The normalized spacial score (nSPS) is 14.9. The van der Waals surface area contributed by atoms with Crippen LogP contribution in [0.1, 0.15) is 51.5 Å². The van der Waals surface area contributed by atoms with E-state index in [4.69, 9.17) is 17.2 Å². The van der Waals surface area contributed by atoms with Gasteiger partial charge in [-0.05, 0) is 43.4 Å². The number of carboxylic acid groups (broad SMARTS) is 1. The molecule has 1 aromatic carbocycles. The number of carboxylic acids is 1. The summed E-state index contributed by atoms with van der Waals surface area (Å²) in [5, 5.41) is 18.0. The van der Waals surface area contributed by atoms with Gasteiger partial charge >= 0.3 is 5.97 Å². The van der Waals surface area contributed by atoms with Crippen LogP contribution in [-0.2, 0) is 30.4 Å². The molecule has 0 bridgehead atoms. The van der Waals surface area contributed by atoms with Crippen LogP contribution in [-0.4, -0.2) is 70.4 Å². The van der Waals surface area contributed by atoms with Gasteiger partial charge in [-0.25, -0.2) is 4.79 Å². The number of para-hydroxylation sites is 1. The Morgan fingerprint density at radius 2 is 1.57 bits per heavy atom. The van der Waals surface area contributed by atoms with Crippen LogP contribution in [0.2, 0.25) is 0 Å². The largest absolute Gasteiger partial charge is 0.480 e. The van der Waals surface area contributed by atoms with Gasteiger partial charge in [-0.3, -0.25) is 19.2 Å². The summed E-state index contributed by atoms with van der Waals surface area (Å²) >= 11 is 0. The molecule has 5 unspecified atom stereocenters. The van der Waals surface area contributed by atoms with Crippen LogP contribution >= 0.6 is 0 Å². The first-order valence-electron chi connectivity index (χ1n) is 13.4. The van der Waals surface area contributed by atoms with Gasteiger partial charge < -0.3 is 43.2 Å². The number of hydrogen-bond acceptors (Lipinski definition) is 7.